The molecule has 1 aromatic rings. The number of hydrogen-bond acceptors (Lipinski definition) is 3. The van der Waals surface area contributed by atoms with Crippen molar-refractivity contribution in [2.75, 3.05) is 5.75 Å². The van der Waals surface area contributed by atoms with E-state index in [1.54, 1.807) is 0 Å². The molecule has 1 aromatic heterocycles. The third kappa shape index (κ3) is 2.83. The molecular weight excluding hydrogens is 236 g/mol. The molecule has 0 radical (unpaired) electrons. The van der Waals surface area contributed by atoms with Crippen LogP contribution in [0.1, 0.15) is 32.1 Å². The quantitative estimate of drug-likeness (QED) is 0.801. The second-order valence-electron chi connectivity index (χ2n) is 4.95. The van der Waals surface area contributed by atoms with E-state index in [1.165, 1.54) is 36.1 Å². The summed E-state index contributed by atoms with van der Waals surface area (Å²) in [6, 6.07) is 2.60. The predicted octanol–water partition coefficient (Wildman–Crippen LogP) is 1.42. The lowest BCUT2D eigenvalue weighted by Gasteiger charge is -2.36. The van der Waals surface area contributed by atoms with Crippen LogP contribution in [0, 0.1) is 5.41 Å². The molecule has 94 valence electrons. The summed E-state index contributed by atoms with van der Waals surface area (Å²) in [6.45, 7) is 0.575. The maximum atomic E-state index is 11.7. The smallest absolute Gasteiger partial charge is 0.265 e. The van der Waals surface area contributed by atoms with E-state index < -0.39 is 0 Å². The van der Waals surface area contributed by atoms with Crippen molar-refractivity contribution in [3.63, 3.8) is 0 Å². The van der Waals surface area contributed by atoms with Crippen LogP contribution >= 0.6 is 12.6 Å². The Balaban J connectivity index is 2.26. The average molecular weight is 254 g/mol. The van der Waals surface area contributed by atoms with Gasteiger partial charge in [-0.25, -0.2) is 4.68 Å². The molecule has 5 heteroatoms. The molecule has 17 heavy (non-hydrogen) atoms. The molecule has 1 saturated carbocycles. The molecule has 0 spiro atoms. The van der Waals surface area contributed by atoms with Crippen LogP contribution in [-0.4, -0.2) is 15.5 Å². The van der Waals surface area contributed by atoms with Crippen molar-refractivity contribution < 1.29 is 0 Å². The van der Waals surface area contributed by atoms with Gasteiger partial charge in [0.05, 0.1) is 0 Å². The van der Waals surface area contributed by atoms with E-state index in [1.807, 2.05) is 0 Å². The normalized spacial score (nSPS) is 19.1. The van der Waals surface area contributed by atoms with Crippen LogP contribution in [0.3, 0.4) is 0 Å². The summed E-state index contributed by atoms with van der Waals surface area (Å²) in [5.74, 6) is 0.760. The van der Waals surface area contributed by atoms with Crippen LogP contribution in [0.25, 0.3) is 0 Å². The zero-order chi connectivity index (χ0) is 12.3. The molecule has 0 amide bonds. The van der Waals surface area contributed by atoms with Crippen LogP contribution in [0.2, 0.25) is 0 Å². The summed E-state index contributed by atoms with van der Waals surface area (Å²) in [7, 11) is 0. The van der Waals surface area contributed by atoms with Gasteiger partial charge in [0.1, 0.15) is 0 Å². The van der Waals surface area contributed by atoms with Gasteiger partial charge in [0.15, 0.2) is 0 Å². The van der Waals surface area contributed by atoms with Gasteiger partial charge in [0, 0.05) is 18.7 Å². The molecular formula is C12H18N2O2S. The van der Waals surface area contributed by atoms with Gasteiger partial charge in [-0.15, -0.1) is 0 Å². The van der Waals surface area contributed by atoms with Gasteiger partial charge in [0.2, 0.25) is 0 Å². The SMILES string of the molecule is O=c1ccc(=O)n(CC2(CS)CCCCC2)[nH]1. The molecule has 2 rings (SSSR count). The van der Waals surface area contributed by atoms with E-state index in [0.717, 1.165) is 18.6 Å². The van der Waals surface area contributed by atoms with Crippen LogP contribution in [0.15, 0.2) is 21.7 Å². The van der Waals surface area contributed by atoms with E-state index >= 15 is 0 Å². The fourth-order valence-electron chi connectivity index (χ4n) is 2.58. The summed E-state index contributed by atoms with van der Waals surface area (Å²) in [6.07, 6.45) is 5.80. The Labute approximate surface area is 105 Å². The summed E-state index contributed by atoms with van der Waals surface area (Å²) >= 11 is 4.43. The highest BCUT2D eigenvalue weighted by Crippen LogP contribution is 2.38. The Kier molecular flexibility index (Phi) is 3.76. The van der Waals surface area contributed by atoms with Crippen molar-refractivity contribution in [2.24, 2.45) is 5.41 Å². The maximum Gasteiger partial charge on any atom is 0.265 e. The van der Waals surface area contributed by atoms with Gasteiger partial charge < -0.3 is 0 Å². The van der Waals surface area contributed by atoms with Crippen molar-refractivity contribution in [2.45, 2.75) is 38.6 Å². The topological polar surface area (TPSA) is 54.9 Å². The fourth-order valence-corrected chi connectivity index (χ4v) is 3.00. The number of H-pyrrole nitrogens is 1. The zero-order valence-electron chi connectivity index (χ0n) is 9.82. The third-order valence-electron chi connectivity index (χ3n) is 3.63. The van der Waals surface area contributed by atoms with Crippen LogP contribution in [-0.2, 0) is 6.54 Å². The number of rotatable bonds is 3. The summed E-state index contributed by atoms with van der Waals surface area (Å²) in [4.78, 5) is 22.9. The van der Waals surface area contributed by atoms with Gasteiger partial charge in [0.25, 0.3) is 11.1 Å². The second kappa shape index (κ2) is 5.12. The molecule has 0 saturated heterocycles. The molecule has 0 unspecified atom stereocenters. The van der Waals surface area contributed by atoms with Crippen molar-refractivity contribution in [1.82, 2.24) is 9.78 Å². The van der Waals surface area contributed by atoms with E-state index in [9.17, 15) is 9.59 Å². The highest BCUT2D eigenvalue weighted by Gasteiger charge is 2.31. The lowest BCUT2D eigenvalue weighted by Crippen LogP contribution is -2.38. The summed E-state index contributed by atoms with van der Waals surface area (Å²) < 4.78 is 1.43. The van der Waals surface area contributed by atoms with Gasteiger partial charge in [-0.3, -0.25) is 14.7 Å². The molecule has 1 aliphatic carbocycles. The molecule has 1 aliphatic rings. The van der Waals surface area contributed by atoms with Crippen molar-refractivity contribution in [3.8, 4) is 0 Å². The number of nitrogens with one attached hydrogen (secondary N) is 1. The van der Waals surface area contributed by atoms with E-state index in [2.05, 4.69) is 17.7 Å². The monoisotopic (exact) mass is 254 g/mol. The second-order valence-corrected chi connectivity index (χ2v) is 5.27. The van der Waals surface area contributed by atoms with Gasteiger partial charge >= 0.3 is 0 Å². The first-order valence-corrected chi connectivity index (χ1v) is 6.70. The molecule has 1 heterocycles. The summed E-state index contributed by atoms with van der Waals surface area (Å²) in [5.41, 5.74) is -0.304. The summed E-state index contributed by atoms with van der Waals surface area (Å²) in [5, 5.41) is 2.60. The van der Waals surface area contributed by atoms with Crippen LogP contribution < -0.4 is 11.1 Å². The number of aromatic amines is 1. The van der Waals surface area contributed by atoms with Gasteiger partial charge in [-0.1, -0.05) is 19.3 Å². The molecule has 0 aromatic carbocycles. The van der Waals surface area contributed by atoms with Crippen LogP contribution in [0.5, 0.6) is 0 Å². The third-order valence-corrected chi connectivity index (χ3v) is 4.30. The minimum Gasteiger partial charge on any atom is -0.268 e. The number of nitrogens with zero attached hydrogens (tertiary/aromatic N) is 1. The van der Waals surface area contributed by atoms with Gasteiger partial charge in [-0.05, 0) is 24.0 Å². The lowest BCUT2D eigenvalue weighted by atomic mass is 9.75. The highest BCUT2D eigenvalue weighted by molar-refractivity contribution is 7.80. The molecule has 1 fully saturated rings. The standard InChI is InChI=1S/C12H18N2O2S/c15-10-4-5-11(16)14(13-10)8-12(9-17)6-2-1-3-7-12/h4-5,17H,1-3,6-9H2,(H,13,15). The van der Waals surface area contributed by atoms with Crippen molar-refractivity contribution in [3.05, 3.63) is 32.8 Å². The molecule has 0 aliphatic heterocycles. The Morgan fingerprint density at radius 3 is 2.59 bits per heavy atom. The van der Waals surface area contributed by atoms with Crippen molar-refractivity contribution in [1.29, 1.82) is 0 Å². The van der Waals surface area contributed by atoms with Crippen LogP contribution in [0.4, 0.5) is 0 Å². The first kappa shape index (κ1) is 12.5. The Bertz CT molecular complexity index is 486. The van der Waals surface area contributed by atoms with Gasteiger partial charge in [-0.2, -0.15) is 12.6 Å². The van der Waals surface area contributed by atoms with E-state index in [4.69, 9.17) is 0 Å². The number of hydrogen-bond donors (Lipinski definition) is 2. The first-order valence-electron chi connectivity index (χ1n) is 6.06. The first-order chi connectivity index (χ1) is 8.15. The van der Waals surface area contributed by atoms with Crippen molar-refractivity contribution >= 4 is 12.6 Å². The van der Waals surface area contributed by atoms with E-state index in [0.29, 0.717) is 6.54 Å². The minimum absolute atomic E-state index is 0.0650. The molecule has 0 atom stereocenters. The Morgan fingerprint density at radius 2 is 1.94 bits per heavy atom. The lowest BCUT2D eigenvalue weighted by molar-refractivity contribution is 0.178. The molecule has 4 nitrogen and oxygen atoms in total. The minimum atomic E-state index is -0.227. The molecule has 0 bridgehead atoms. The Hall–Kier alpha value is -0.970. The average Bonchev–Trinajstić information content (AvgIpc) is 2.35. The highest BCUT2D eigenvalue weighted by atomic mass is 32.1. The molecule has 1 N–H and O–H groups in total. The zero-order valence-corrected chi connectivity index (χ0v) is 10.7. The maximum absolute atomic E-state index is 11.7. The predicted molar refractivity (Wildman–Crippen MR) is 70.7 cm³/mol. The fraction of sp³-hybridized carbons (Fsp3) is 0.667. The largest absolute Gasteiger partial charge is 0.268 e. The number of aromatic nitrogens is 2. The Morgan fingerprint density at radius 1 is 1.24 bits per heavy atom. The number of thiol groups is 1. The van der Waals surface area contributed by atoms with E-state index in [-0.39, 0.29) is 16.5 Å².